The van der Waals surface area contributed by atoms with Crippen LogP contribution >= 0.6 is 22.7 Å². The fraction of sp³-hybridized carbons (Fsp3) is 0.0526. The van der Waals surface area contributed by atoms with Gasteiger partial charge in [-0.05, 0) is 93.8 Å². The maximum absolute atomic E-state index is 4.06. The number of hydrogen-bond acceptors (Lipinski definition) is 2. The summed E-state index contributed by atoms with van der Waals surface area (Å²) in [6, 6.07) is 44.1. The Labute approximate surface area is 245 Å². The van der Waals surface area contributed by atoms with Crippen LogP contribution in [0.15, 0.2) is 134 Å². The Balaban J connectivity index is 1.14. The Bertz CT molecular complexity index is 1650. The van der Waals surface area contributed by atoms with Gasteiger partial charge in [0.1, 0.15) is 0 Å². The fourth-order valence-electron chi connectivity index (χ4n) is 4.81. The maximum Gasteiger partial charge on any atom is 0.0349 e. The summed E-state index contributed by atoms with van der Waals surface area (Å²) in [6.45, 7) is 12.2. The van der Waals surface area contributed by atoms with Crippen LogP contribution in [0.3, 0.4) is 0 Å². The highest BCUT2D eigenvalue weighted by Crippen LogP contribution is 2.35. The van der Waals surface area contributed by atoms with E-state index in [1.54, 1.807) is 22.7 Å². The van der Waals surface area contributed by atoms with Crippen LogP contribution in [0.2, 0.25) is 0 Å². The van der Waals surface area contributed by atoms with Crippen molar-refractivity contribution in [3.63, 3.8) is 0 Å². The average Bonchev–Trinajstić information content (AvgIpc) is 3.69. The summed E-state index contributed by atoms with van der Waals surface area (Å²) in [5.41, 5.74) is 12.1. The van der Waals surface area contributed by atoms with Gasteiger partial charge in [0.05, 0.1) is 0 Å². The van der Waals surface area contributed by atoms with Gasteiger partial charge in [0, 0.05) is 19.5 Å². The molecule has 0 spiro atoms. The normalized spacial score (nSPS) is 10.9. The first-order valence-corrected chi connectivity index (χ1v) is 15.0. The molecule has 0 bridgehead atoms. The van der Waals surface area contributed by atoms with Gasteiger partial charge in [-0.1, -0.05) is 110 Å². The predicted molar refractivity (Wildman–Crippen MR) is 179 cm³/mol. The lowest BCUT2D eigenvalue weighted by molar-refractivity contribution is 1.57. The minimum Gasteiger partial charge on any atom is -0.136 e. The van der Waals surface area contributed by atoms with Crippen LogP contribution in [0.4, 0.5) is 0 Å². The second-order valence-electron chi connectivity index (χ2n) is 10.2. The number of thiophene rings is 2. The number of hydrogen-bond donors (Lipinski definition) is 0. The highest BCUT2D eigenvalue weighted by molar-refractivity contribution is 7.16. The number of benzene rings is 4. The van der Waals surface area contributed by atoms with E-state index in [1.165, 1.54) is 64.0 Å². The zero-order valence-electron chi connectivity index (χ0n) is 22.8. The zero-order chi connectivity index (χ0) is 27.6. The van der Waals surface area contributed by atoms with E-state index in [9.17, 15) is 0 Å². The smallest absolute Gasteiger partial charge is 0.0349 e. The lowest BCUT2D eigenvalue weighted by Crippen LogP contribution is -1.83. The first kappa shape index (κ1) is 26.0. The van der Waals surface area contributed by atoms with Crippen molar-refractivity contribution in [1.82, 2.24) is 0 Å². The molecule has 0 unspecified atom stereocenters. The first-order chi connectivity index (χ1) is 19.4. The molecule has 0 atom stereocenters. The fourth-order valence-corrected chi connectivity index (χ4v) is 6.68. The molecule has 40 heavy (non-hydrogen) atoms. The van der Waals surface area contributed by atoms with Gasteiger partial charge < -0.3 is 0 Å². The highest BCUT2D eigenvalue weighted by Gasteiger charge is 2.07. The number of rotatable bonds is 7. The van der Waals surface area contributed by atoms with E-state index in [-0.39, 0.29) is 0 Å². The maximum atomic E-state index is 4.06. The summed E-state index contributed by atoms with van der Waals surface area (Å²) in [5, 5.41) is 0. The van der Waals surface area contributed by atoms with Gasteiger partial charge in [-0.15, -0.1) is 22.7 Å². The topological polar surface area (TPSA) is 0 Å². The molecule has 0 aliphatic rings. The van der Waals surface area contributed by atoms with Crippen LogP contribution < -0.4 is 0 Å². The van der Waals surface area contributed by atoms with Crippen molar-refractivity contribution in [2.45, 2.75) is 13.8 Å². The minimum atomic E-state index is 1.11. The summed E-state index contributed by atoms with van der Waals surface area (Å²) in [4.78, 5) is 5.04. The molecule has 0 N–H and O–H groups in total. The molecule has 6 aromatic rings. The molecular formula is C38H30S2. The van der Waals surface area contributed by atoms with E-state index in [1.807, 2.05) is 0 Å². The molecule has 194 valence electrons. The van der Waals surface area contributed by atoms with Crippen molar-refractivity contribution < 1.29 is 0 Å². The van der Waals surface area contributed by atoms with E-state index in [0.717, 1.165) is 11.1 Å². The lowest BCUT2D eigenvalue weighted by Gasteiger charge is -2.08. The van der Waals surface area contributed by atoms with Crippen LogP contribution in [-0.2, 0) is 0 Å². The molecule has 0 saturated carbocycles. The van der Waals surface area contributed by atoms with E-state index in [0.29, 0.717) is 0 Å². The third-order valence-corrected chi connectivity index (χ3v) is 9.75. The monoisotopic (exact) mass is 550 g/mol. The molecule has 0 nitrogen and oxygen atoms in total. The molecule has 0 aliphatic carbocycles. The second kappa shape index (κ2) is 11.1. The van der Waals surface area contributed by atoms with Crippen molar-refractivity contribution in [2.75, 3.05) is 0 Å². The van der Waals surface area contributed by atoms with Gasteiger partial charge >= 0.3 is 0 Å². The standard InChI is InChI=1S/C38H30S2/c1-25(2)35-21-23-37(39-35)33-17-13-31(14-18-33)29-9-5-27(6-10-29)28-7-11-30(12-8-28)32-15-19-34(20-16-32)38-24-22-36(40-38)26(3)4/h5-24H,1,3H2,2,4H3. The summed E-state index contributed by atoms with van der Waals surface area (Å²) in [7, 11) is 0. The molecule has 4 aromatic carbocycles. The molecule has 0 amide bonds. The molecule has 2 heterocycles. The van der Waals surface area contributed by atoms with Crippen LogP contribution in [-0.4, -0.2) is 0 Å². The molecule has 6 rings (SSSR count). The third-order valence-electron chi connectivity index (χ3n) is 7.16. The molecule has 2 aromatic heterocycles. The third kappa shape index (κ3) is 5.42. The van der Waals surface area contributed by atoms with Crippen LogP contribution in [0, 0.1) is 0 Å². The van der Waals surface area contributed by atoms with Crippen molar-refractivity contribution >= 4 is 33.8 Å². The van der Waals surface area contributed by atoms with Crippen molar-refractivity contribution in [3.05, 3.63) is 144 Å². The molecule has 0 radical (unpaired) electrons. The van der Waals surface area contributed by atoms with Crippen molar-refractivity contribution in [1.29, 1.82) is 0 Å². The predicted octanol–water partition coefficient (Wildman–Crippen LogP) is 12.2. The van der Waals surface area contributed by atoms with Crippen LogP contribution in [0.5, 0.6) is 0 Å². The summed E-state index contributed by atoms with van der Waals surface area (Å²) >= 11 is 3.59. The van der Waals surface area contributed by atoms with Crippen molar-refractivity contribution in [2.24, 2.45) is 0 Å². The van der Waals surface area contributed by atoms with E-state index >= 15 is 0 Å². The Morgan fingerprint density at radius 1 is 0.350 bits per heavy atom. The quantitative estimate of drug-likeness (QED) is 0.185. The Morgan fingerprint density at radius 2 is 0.575 bits per heavy atom. The Hall–Kier alpha value is -4.24. The highest BCUT2D eigenvalue weighted by atomic mass is 32.1. The Kier molecular flexibility index (Phi) is 7.21. The largest absolute Gasteiger partial charge is 0.136 e. The molecule has 0 aliphatic heterocycles. The van der Waals surface area contributed by atoms with Gasteiger partial charge in [0.15, 0.2) is 0 Å². The van der Waals surface area contributed by atoms with Gasteiger partial charge in [-0.2, -0.15) is 0 Å². The molecule has 0 fully saturated rings. The van der Waals surface area contributed by atoms with Crippen LogP contribution in [0.1, 0.15) is 23.6 Å². The second-order valence-corrected chi connectivity index (χ2v) is 12.4. The minimum absolute atomic E-state index is 1.11. The van der Waals surface area contributed by atoms with Gasteiger partial charge in [-0.3, -0.25) is 0 Å². The van der Waals surface area contributed by atoms with Gasteiger partial charge in [-0.25, -0.2) is 0 Å². The van der Waals surface area contributed by atoms with E-state index in [2.05, 4.69) is 148 Å². The first-order valence-electron chi connectivity index (χ1n) is 13.4. The molecular weight excluding hydrogens is 521 g/mol. The molecule has 0 saturated heterocycles. The average molecular weight is 551 g/mol. The van der Waals surface area contributed by atoms with E-state index < -0.39 is 0 Å². The summed E-state index contributed by atoms with van der Waals surface area (Å²) < 4.78 is 0. The van der Waals surface area contributed by atoms with Crippen molar-refractivity contribution in [3.8, 4) is 54.3 Å². The summed E-state index contributed by atoms with van der Waals surface area (Å²) in [6.07, 6.45) is 0. The summed E-state index contributed by atoms with van der Waals surface area (Å²) in [5.74, 6) is 0. The van der Waals surface area contributed by atoms with E-state index in [4.69, 9.17) is 0 Å². The zero-order valence-corrected chi connectivity index (χ0v) is 24.4. The van der Waals surface area contributed by atoms with Gasteiger partial charge in [0.25, 0.3) is 0 Å². The van der Waals surface area contributed by atoms with Gasteiger partial charge in [0.2, 0.25) is 0 Å². The Morgan fingerprint density at radius 3 is 0.775 bits per heavy atom. The lowest BCUT2D eigenvalue weighted by atomic mass is 9.97. The van der Waals surface area contributed by atoms with Crippen LogP contribution in [0.25, 0.3) is 65.4 Å². The number of allylic oxidation sites excluding steroid dienone is 2. The SMILES string of the molecule is C=C(C)c1ccc(-c2ccc(-c3ccc(-c4ccc(-c5ccc(-c6ccc(C(=C)C)s6)cc5)cc4)cc3)cc2)s1. The molecule has 2 heteroatoms.